The number of hydrogen-bond donors (Lipinski definition) is 1. The van der Waals surface area contributed by atoms with Crippen LogP contribution in [0.2, 0.25) is 0 Å². The lowest BCUT2D eigenvalue weighted by Crippen LogP contribution is -2.59. The van der Waals surface area contributed by atoms with Gasteiger partial charge in [0, 0.05) is 44.3 Å². The largest absolute Gasteiger partial charge is 0.463 e. The van der Waals surface area contributed by atoms with Gasteiger partial charge in [-0.1, -0.05) is 19.1 Å². The number of hydrogen-bond acceptors (Lipinski definition) is 11. The van der Waals surface area contributed by atoms with Crippen molar-refractivity contribution in [3.05, 3.63) is 11.9 Å². The van der Waals surface area contributed by atoms with Crippen LogP contribution in [-0.2, 0) is 60.7 Å². The summed E-state index contributed by atoms with van der Waals surface area (Å²) in [5.74, 6) is -4.44. The molecule has 3 rings (SSSR count). The molecule has 0 radical (unpaired) electrons. The molecule has 3 heterocycles. The Labute approximate surface area is 242 Å². The van der Waals surface area contributed by atoms with Gasteiger partial charge in [-0.2, -0.15) is 4.68 Å². The van der Waals surface area contributed by atoms with Crippen LogP contribution in [0.5, 0.6) is 0 Å². The van der Waals surface area contributed by atoms with E-state index in [4.69, 9.17) is 56.4 Å². The Morgan fingerprint density at radius 1 is 1.10 bits per heavy atom. The molecule has 13 nitrogen and oxygen atoms in total. The lowest BCUT2D eigenvalue weighted by molar-refractivity contribution is -0.760. The number of carbonyl (C=O) groups excluding carboxylic acids is 3. The van der Waals surface area contributed by atoms with Gasteiger partial charge >= 0.3 is 17.9 Å². The van der Waals surface area contributed by atoms with Gasteiger partial charge in [0.25, 0.3) is 0 Å². The Morgan fingerprint density at radius 3 is 2.40 bits per heavy atom. The summed E-state index contributed by atoms with van der Waals surface area (Å²) in [5, 5.41) is 6.30. The number of nitrogens with zero attached hydrogens (tertiary/aromatic N) is 2. The van der Waals surface area contributed by atoms with Gasteiger partial charge < -0.3 is 33.2 Å². The molecule has 0 spiro atoms. The summed E-state index contributed by atoms with van der Waals surface area (Å²) in [6, 6.07) is 0. The number of alkyl halides is 2. The molecule has 1 N–H and O–H groups in total. The summed E-state index contributed by atoms with van der Waals surface area (Å²) in [4.78, 5) is 35.5. The second kappa shape index (κ2) is 14.2. The van der Waals surface area contributed by atoms with E-state index >= 15 is 0 Å². The van der Waals surface area contributed by atoms with Gasteiger partial charge in [-0.3, -0.25) is 14.4 Å². The fraction of sp³-hybridized carbons (Fsp3) is 0.800. The number of esters is 3. The smallest absolute Gasteiger partial charge is 0.303 e. The van der Waals surface area contributed by atoms with Crippen molar-refractivity contribution in [1.82, 2.24) is 10.3 Å². The topological polar surface area (TPSA) is 148 Å². The van der Waals surface area contributed by atoms with E-state index in [0.717, 1.165) is 0 Å². The average Bonchev–Trinajstić information content (AvgIpc) is 3.44. The number of nitrogens with one attached hydrogen (secondary N) is 1. The maximum absolute atomic E-state index is 12.1. The molecule has 0 aliphatic carbocycles. The lowest BCUT2D eigenvalue weighted by atomic mass is 9.93. The van der Waals surface area contributed by atoms with Gasteiger partial charge in [0.15, 0.2) is 18.6 Å². The van der Waals surface area contributed by atoms with Crippen LogP contribution < -0.4 is 4.68 Å². The number of halogens is 2. The van der Waals surface area contributed by atoms with Crippen LogP contribution in [0.3, 0.4) is 0 Å². The Balaban J connectivity index is 1.87. The molecule has 2 aliphatic rings. The van der Waals surface area contributed by atoms with Gasteiger partial charge in [0.1, 0.15) is 43.4 Å². The maximum atomic E-state index is 12.1. The van der Waals surface area contributed by atoms with Gasteiger partial charge in [-0.15, -0.1) is 23.2 Å². The number of ether oxygens (including phenoxy) is 7. The van der Waals surface area contributed by atoms with Crippen LogP contribution in [-0.4, -0.2) is 89.2 Å². The van der Waals surface area contributed by atoms with E-state index in [2.05, 4.69) is 10.3 Å². The first-order valence-corrected chi connectivity index (χ1v) is 14.1. The quantitative estimate of drug-likeness (QED) is 0.159. The van der Waals surface area contributed by atoms with E-state index < -0.39 is 65.7 Å². The van der Waals surface area contributed by atoms with E-state index in [0.29, 0.717) is 25.5 Å². The van der Waals surface area contributed by atoms with Gasteiger partial charge in [0.05, 0.1) is 5.88 Å². The Kier molecular flexibility index (Phi) is 11.6. The van der Waals surface area contributed by atoms with Crippen molar-refractivity contribution >= 4 is 41.1 Å². The van der Waals surface area contributed by atoms with Crippen molar-refractivity contribution in [2.24, 2.45) is 11.8 Å². The number of rotatable bonds is 12. The highest BCUT2D eigenvalue weighted by molar-refractivity contribution is 6.21. The summed E-state index contributed by atoms with van der Waals surface area (Å²) < 4.78 is 42.4. The predicted octanol–water partition coefficient (Wildman–Crippen LogP) is 1.62. The van der Waals surface area contributed by atoms with Gasteiger partial charge in [-0.05, 0) is 6.92 Å². The van der Waals surface area contributed by atoms with E-state index in [1.54, 1.807) is 17.8 Å². The molecular formula is C25H38Cl2N3O10+. The number of carbonyl (C=O) groups is 3. The third kappa shape index (κ3) is 7.83. The summed E-state index contributed by atoms with van der Waals surface area (Å²) in [6.07, 6.45) is -2.45. The highest BCUT2D eigenvalue weighted by atomic mass is 35.5. The SMILES string of the molecule is CCOCc1c[n+](C[C@H]2O[C@@](CCl)(O[C@@H]3O[C@H](COC(C)=O)[C@H](Cl)[C@H](OC(C)=O)[C@H]3C)[C@@H](OC(C)=O)[C@@H]2C)[nH]n1. The van der Waals surface area contributed by atoms with Crippen LogP contribution >= 0.6 is 23.2 Å². The van der Waals surface area contributed by atoms with Crippen LogP contribution in [0, 0.1) is 11.8 Å². The first-order chi connectivity index (χ1) is 18.9. The minimum absolute atomic E-state index is 0.199. The summed E-state index contributed by atoms with van der Waals surface area (Å²) in [6.45, 7) is 10.3. The Morgan fingerprint density at radius 2 is 1.80 bits per heavy atom. The predicted molar refractivity (Wildman–Crippen MR) is 138 cm³/mol. The molecule has 2 saturated heterocycles. The fourth-order valence-electron chi connectivity index (χ4n) is 4.82. The van der Waals surface area contributed by atoms with Crippen molar-refractivity contribution in [3.8, 4) is 0 Å². The zero-order chi connectivity index (χ0) is 29.6. The molecule has 2 fully saturated rings. The van der Waals surface area contributed by atoms with Gasteiger partial charge in [0.2, 0.25) is 11.5 Å². The molecule has 1 aromatic rings. The third-order valence-electron chi connectivity index (χ3n) is 6.78. The molecule has 0 bridgehead atoms. The Bertz CT molecular complexity index is 1030. The molecule has 40 heavy (non-hydrogen) atoms. The monoisotopic (exact) mass is 610 g/mol. The first-order valence-electron chi connectivity index (χ1n) is 13.1. The van der Waals surface area contributed by atoms with Crippen molar-refractivity contribution in [2.45, 2.75) is 96.6 Å². The average molecular weight is 611 g/mol. The second-order valence-corrected chi connectivity index (χ2v) is 10.7. The van der Waals surface area contributed by atoms with Crippen LogP contribution in [0.4, 0.5) is 0 Å². The first kappa shape index (κ1) is 32.5. The van der Waals surface area contributed by atoms with E-state index in [-0.39, 0.29) is 18.4 Å². The molecule has 0 unspecified atom stereocenters. The second-order valence-electron chi connectivity index (χ2n) is 9.95. The highest BCUT2D eigenvalue weighted by Gasteiger charge is 2.60. The van der Waals surface area contributed by atoms with Crippen LogP contribution in [0.1, 0.15) is 47.2 Å². The standard InChI is InChI=1S/C25H37Cl2N3O10/c1-7-34-10-18-8-30(29-28-18)9-19-13(2)23(37-17(6)33)25(12-26,39-19)40-24-14(3)22(36-16(5)32)21(27)20(38-24)11-35-15(4)31/h8,13-14,19-24H,7,9-12H2,1-6H3/p+1/t13-,14-,19-,20-,21+,22-,23+,24+,25+/m1/s1. The van der Waals surface area contributed by atoms with Crippen LogP contribution in [0.15, 0.2) is 6.20 Å². The van der Waals surface area contributed by atoms with E-state index in [1.807, 2.05) is 13.8 Å². The minimum Gasteiger partial charge on any atom is -0.463 e. The molecular weight excluding hydrogens is 573 g/mol. The fourth-order valence-corrected chi connectivity index (χ4v) is 5.51. The Hall–Kier alpha value is -2.03. The molecule has 0 aromatic carbocycles. The minimum atomic E-state index is -1.63. The van der Waals surface area contributed by atoms with Crippen molar-refractivity contribution in [3.63, 3.8) is 0 Å². The van der Waals surface area contributed by atoms with Crippen molar-refractivity contribution in [1.29, 1.82) is 0 Å². The molecule has 0 saturated carbocycles. The normalized spacial score (nSPS) is 33.9. The van der Waals surface area contributed by atoms with E-state index in [9.17, 15) is 14.4 Å². The van der Waals surface area contributed by atoms with Crippen LogP contribution in [0.25, 0.3) is 0 Å². The van der Waals surface area contributed by atoms with Crippen molar-refractivity contribution < 1.29 is 52.2 Å². The molecule has 226 valence electrons. The number of H-pyrrole nitrogens is 1. The summed E-state index contributed by atoms with van der Waals surface area (Å²) >= 11 is 13.1. The summed E-state index contributed by atoms with van der Waals surface area (Å²) in [7, 11) is 0. The van der Waals surface area contributed by atoms with E-state index in [1.165, 1.54) is 20.8 Å². The molecule has 9 atom stereocenters. The molecule has 15 heteroatoms. The molecule has 2 aliphatic heterocycles. The zero-order valence-electron chi connectivity index (χ0n) is 23.5. The lowest BCUT2D eigenvalue weighted by Gasteiger charge is -2.45. The number of aromatic nitrogens is 3. The van der Waals surface area contributed by atoms with Crippen molar-refractivity contribution in [2.75, 3.05) is 19.1 Å². The molecule has 1 aromatic heterocycles. The zero-order valence-corrected chi connectivity index (χ0v) is 25.0. The number of aromatic amines is 1. The molecule has 0 amide bonds. The third-order valence-corrected chi connectivity index (χ3v) is 7.68. The summed E-state index contributed by atoms with van der Waals surface area (Å²) in [5.41, 5.74) is 0.708. The maximum Gasteiger partial charge on any atom is 0.303 e. The highest BCUT2D eigenvalue weighted by Crippen LogP contribution is 2.43. The van der Waals surface area contributed by atoms with Gasteiger partial charge in [-0.25, -0.2) is 0 Å².